The molecule has 0 radical (unpaired) electrons. The number of nitrogens with zero attached hydrogens (tertiary/aromatic N) is 4. The summed E-state index contributed by atoms with van der Waals surface area (Å²) >= 11 is 0. The van der Waals surface area contributed by atoms with Crippen LogP contribution in [0.3, 0.4) is 0 Å². The second kappa shape index (κ2) is 7.15. The van der Waals surface area contributed by atoms with Crippen LogP contribution < -0.4 is 5.32 Å². The van der Waals surface area contributed by atoms with Gasteiger partial charge in [-0.1, -0.05) is 24.3 Å². The van der Waals surface area contributed by atoms with Crippen LogP contribution >= 0.6 is 0 Å². The minimum absolute atomic E-state index is 0.120. The van der Waals surface area contributed by atoms with E-state index in [0.717, 1.165) is 17.3 Å². The van der Waals surface area contributed by atoms with Gasteiger partial charge < -0.3 is 14.8 Å². The van der Waals surface area contributed by atoms with Crippen LogP contribution in [0.4, 0.5) is 19.1 Å². The summed E-state index contributed by atoms with van der Waals surface area (Å²) in [7, 11) is 0. The molecular formula is C18H14F3N5O3. The number of carboxylic acid groups (broad SMARTS) is 1. The zero-order valence-electron chi connectivity index (χ0n) is 14.8. The van der Waals surface area contributed by atoms with Crippen molar-refractivity contribution in [2.45, 2.75) is 31.5 Å². The highest BCUT2D eigenvalue weighted by molar-refractivity contribution is 5.69. The summed E-state index contributed by atoms with van der Waals surface area (Å²) in [4.78, 5) is 18.3. The molecule has 1 aliphatic carbocycles. The Kier molecular flexibility index (Phi) is 4.65. The first kappa shape index (κ1) is 18.8. The Bertz CT molecular complexity index is 1040. The standard InChI is InChI=1S/C18H14F3N5O3/c19-18(20,21)15-12(16-26-25-13(29-16)7-14(27)28)8-22-17(24-15)23-11-5-9-3-1-2-4-10(9)6-11/h1-4,8,11H,5-7H2,(H,27,28)(H,22,23,24). The average Bonchev–Trinajstić information content (AvgIpc) is 3.26. The van der Waals surface area contributed by atoms with Crippen molar-refractivity contribution in [3.05, 3.63) is 53.2 Å². The van der Waals surface area contributed by atoms with Crippen LogP contribution in [0.2, 0.25) is 0 Å². The number of alkyl halides is 3. The minimum Gasteiger partial charge on any atom is -0.481 e. The molecule has 29 heavy (non-hydrogen) atoms. The minimum atomic E-state index is -4.80. The first-order valence-corrected chi connectivity index (χ1v) is 8.61. The van der Waals surface area contributed by atoms with Gasteiger partial charge in [-0.2, -0.15) is 13.2 Å². The zero-order valence-corrected chi connectivity index (χ0v) is 14.8. The van der Waals surface area contributed by atoms with E-state index in [2.05, 4.69) is 25.5 Å². The molecule has 1 aliphatic rings. The van der Waals surface area contributed by atoms with E-state index in [4.69, 9.17) is 9.52 Å². The lowest BCUT2D eigenvalue weighted by Gasteiger charge is -2.15. The number of hydrogen-bond acceptors (Lipinski definition) is 7. The van der Waals surface area contributed by atoms with Gasteiger partial charge in [0.15, 0.2) is 5.69 Å². The van der Waals surface area contributed by atoms with Crippen molar-refractivity contribution >= 4 is 11.9 Å². The van der Waals surface area contributed by atoms with Crippen molar-refractivity contribution in [2.75, 3.05) is 5.32 Å². The van der Waals surface area contributed by atoms with Crippen molar-refractivity contribution in [3.8, 4) is 11.5 Å². The number of rotatable bonds is 5. The Balaban J connectivity index is 1.60. The van der Waals surface area contributed by atoms with Crippen molar-refractivity contribution in [1.29, 1.82) is 0 Å². The molecule has 1 aromatic carbocycles. The monoisotopic (exact) mass is 405 g/mol. The maximum Gasteiger partial charge on any atom is 0.434 e. The van der Waals surface area contributed by atoms with Gasteiger partial charge in [0.25, 0.3) is 5.89 Å². The third-order valence-corrected chi connectivity index (χ3v) is 4.44. The van der Waals surface area contributed by atoms with Crippen molar-refractivity contribution in [3.63, 3.8) is 0 Å². The van der Waals surface area contributed by atoms with E-state index in [9.17, 15) is 18.0 Å². The van der Waals surface area contributed by atoms with Gasteiger partial charge in [0.2, 0.25) is 11.8 Å². The molecule has 8 nitrogen and oxygen atoms in total. The fourth-order valence-corrected chi connectivity index (χ4v) is 3.23. The number of carbonyl (C=O) groups is 1. The number of benzene rings is 1. The molecule has 0 saturated heterocycles. The predicted molar refractivity (Wildman–Crippen MR) is 92.9 cm³/mol. The Hall–Kier alpha value is -3.50. The molecule has 0 fully saturated rings. The van der Waals surface area contributed by atoms with E-state index < -0.39 is 35.7 Å². The van der Waals surface area contributed by atoms with Gasteiger partial charge in [-0.15, -0.1) is 10.2 Å². The molecular weight excluding hydrogens is 391 g/mol. The smallest absolute Gasteiger partial charge is 0.434 e. The number of anilines is 1. The van der Waals surface area contributed by atoms with Gasteiger partial charge in [-0.25, -0.2) is 9.97 Å². The molecule has 2 aromatic heterocycles. The molecule has 0 bridgehead atoms. The second-order valence-electron chi connectivity index (χ2n) is 6.54. The lowest BCUT2D eigenvalue weighted by Crippen LogP contribution is -2.22. The molecule has 0 spiro atoms. The molecule has 0 amide bonds. The van der Waals surface area contributed by atoms with E-state index in [1.54, 1.807) is 0 Å². The first-order chi connectivity index (χ1) is 13.8. The Morgan fingerprint density at radius 2 is 1.90 bits per heavy atom. The lowest BCUT2D eigenvalue weighted by atomic mass is 10.1. The van der Waals surface area contributed by atoms with E-state index in [1.165, 1.54) is 0 Å². The van der Waals surface area contributed by atoms with Crippen LogP contribution in [-0.2, 0) is 30.2 Å². The van der Waals surface area contributed by atoms with Crippen LogP contribution in [0, 0.1) is 0 Å². The molecule has 0 saturated carbocycles. The van der Waals surface area contributed by atoms with E-state index in [0.29, 0.717) is 12.8 Å². The maximum absolute atomic E-state index is 13.6. The second-order valence-corrected chi connectivity index (χ2v) is 6.54. The molecule has 2 heterocycles. The summed E-state index contributed by atoms with van der Waals surface area (Å²) in [6.07, 6.45) is -3.14. The largest absolute Gasteiger partial charge is 0.481 e. The van der Waals surface area contributed by atoms with Crippen LogP contribution in [0.5, 0.6) is 0 Å². The molecule has 4 rings (SSSR count). The highest BCUT2D eigenvalue weighted by Gasteiger charge is 2.38. The lowest BCUT2D eigenvalue weighted by molar-refractivity contribution is -0.141. The van der Waals surface area contributed by atoms with Gasteiger partial charge in [0.1, 0.15) is 6.42 Å². The summed E-state index contributed by atoms with van der Waals surface area (Å²) < 4.78 is 45.7. The maximum atomic E-state index is 13.6. The molecule has 11 heteroatoms. The average molecular weight is 405 g/mol. The van der Waals surface area contributed by atoms with Crippen LogP contribution in [-0.4, -0.2) is 37.3 Å². The number of aromatic nitrogens is 4. The summed E-state index contributed by atoms with van der Waals surface area (Å²) in [5.74, 6) is -2.21. The topological polar surface area (TPSA) is 114 Å². The third-order valence-electron chi connectivity index (χ3n) is 4.44. The third kappa shape index (κ3) is 4.03. The quantitative estimate of drug-likeness (QED) is 0.666. The van der Waals surface area contributed by atoms with Crippen molar-refractivity contribution < 1.29 is 27.5 Å². The summed E-state index contributed by atoms with van der Waals surface area (Å²) in [6, 6.07) is 7.66. The van der Waals surface area contributed by atoms with Gasteiger partial charge in [0.05, 0.1) is 5.56 Å². The molecule has 0 unspecified atom stereocenters. The number of aliphatic carboxylic acids is 1. The normalized spacial score (nSPS) is 14.0. The van der Waals surface area contributed by atoms with E-state index in [-0.39, 0.29) is 17.9 Å². The number of nitrogens with one attached hydrogen (secondary N) is 1. The molecule has 150 valence electrons. The zero-order chi connectivity index (χ0) is 20.6. The van der Waals surface area contributed by atoms with Gasteiger partial charge >= 0.3 is 12.1 Å². The summed E-state index contributed by atoms with van der Waals surface area (Å²) in [5, 5.41) is 18.6. The van der Waals surface area contributed by atoms with Crippen LogP contribution in [0.15, 0.2) is 34.9 Å². The SMILES string of the molecule is O=C(O)Cc1nnc(-c2cnc(NC3Cc4ccccc4C3)nc2C(F)(F)F)o1. The van der Waals surface area contributed by atoms with Crippen molar-refractivity contribution in [2.24, 2.45) is 0 Å². The molecule has 0 atom stereocenters. The van der Waals surface area contributed by atoms with Crippen LogP contribution in [0.1, 0.15) is 22.7 Å². The summed E-state index contributed by atoms with van der Waals surface area (Å²) in [5.41, 5.74) is 0.516. The molecule has 0 aliphatic heterocycles. The van der Waals surface area contributed by atoms with Crippen molar-refractivity contribution in [1.82, 2.24) is 20.2 Å². The van der Waals surface area contributed by atoms with E-state index in [1.807, 2.05) is 24.3 Å². The summed E-state index contributed by atoms with van der Waals surface area (Å²) in [6.45, 7) is 0. The van der Waals surface area contributed by atoms with E-state index >= 15 is 0 Å². The predicted octanol–water partition coefficient (Wildman–Crippen LogP) is 2.75. The van der Waals surface area contributed by atoms with Crippen LogP contribution in [0.25, 0.3) is 11.5 Å². The number of carboxylic acids is 1. The van der Waals surface area contributed by atoms with Gasteiger partial charge in [-0.05, 0) is 24.0 Å². The molecule has 2 N–H and O–H groups in total. The number of halogens is 3. The van der Waals surface area contributed by atoms with Gasteiger partial charge in [0, 0.05) is 12.2 Å². The Morgan fingerprint density at radius 1 is 1.21 bits per heavy atom. The number of hydrogen-bond donors (Lipinski definition) is 2. The Morgan fingerprint density at radius 3 is 2.52 bits per heavy atom. The highest BCUT2D eigenvalue weighted by atomic mass is 19.4. The Labute approximate surface area is 161 Å². The fourth-order valence-electron chi connectivity index (χ4n) is 3.23. The fraction of sp³-hybridized carbons (Fsp3) is 0.278. The molecule has 3 aromatic rings. The van der Waals surface area contributed by atoms with Gasteiger partial charge in [-0.3, -0.25) is 4.79 Å². The highest BCUT2D eigenvalue weighted by Crippen LogP contribution is 2.35. The number of fused-ring (bicyclic) bond motifs is 1. The first-order valence-electron chi connectivity index (χ1n) is 8.61.